The molecule has 31 heavy (non-hydrogen) atoms. The minimum Gasteiger partial charge on any atom is -0.310 e. The summed E-state index contributed by atoms with van der Waals surface area (Å²) in [6, 6.07) is 8.90. The summed E-state index contributed by atoms with van der Waals surface area (Å²) in [5, 5.41) is 4.04. The first-order chi connectivity index (χ1) is 14.7. The van der Waals surface area contributed by atoms with Crippen LogP contribution in [0, 0.1) is 0 Å². The maximum Gasteiger partial charge on any atom is 0.435 e. The summed E-state index contributed by atoms with van der Waals surface area (Å²) in [5.74, 6) is -0.727. The molecule has 160 valence electrons. The van der Waals surface area contributed by atoms with Gasteiger partial charge in [-0.1, -0.05) is 23.7 Å². The predicted molar refractivity (Wildman–Crippen MR) is 106 cm³/mol. The van der Waals surface area contributed by atoms with Crippen molar-refractivity contribution in [1.29, 1.82) is 0 Å². The second-order valence-electron chi connectivity index (χ2n) is 7.65. The van der Waals surface area contributed by atoms with E-state index >= 15 is 0 Å². The van der Waals surface area contributed by atoms with Crippen molar-refractivity contribution in [1.82, 2.24) is 24.6 Å². The van der Waals surface area contributed by atoms with E-state index < -0.39 is 29.0 Å². The number of rotatable bonds is 2. The van der Waals surface area contributed by atoms with Gasteiger partial charge < -0.3 is 4.90 Å². The van der Waals surface area contributed by atoms with Gasteiger partial charge in [-0.05, 0) is 29.3 Å². The van der Waals surface area contributed by atoms with Gasteiger partial charge in [0, 0.05) is 55.9 Å². The van der Waals surface area contributed by atoms with E-state index in [4.69, 9.17) is 11.6 Å². The summed E-state index contributed by atoms with van der Waals surface area (Å²) in [5.41, 5.74) is -0.224. The molecule has 1 unspecified atom stereocenters. The third kappa shape index (κ3) is 2.87. The minimum absolute atomic E-state index is 0.266. The first-order valence-corrected chi connectivity index (χ1v) is 9.98. The Morgan fingerprint density at radius 1 is 1.16 bits per heavy atom. The van der Waals surface area contributed by atoms with Crippen molar-refractivity contribution < 1.29 is 18.0 Å². The molecule has 2 aliphatic heterocycles. The molecular weight excluding hydrogens is 431 g/mol. The lowest BCUT2D eigenvalue weighted by Gasteiger charge is -2.40. The van der Waals surface area contributed by atoms with Gasteiger partial charge in [-0.15, -0.1) is 0 Å². The number of fused-ring (bicyclic) bond motifs is 3. The van der Waals surface area contributed by atoms with Crippen LogP contribution < -0.4 is 0 Å². The molecule has 1 aromatic carbocycles. The summed E-state index contributed by atoms with van der Waals surface area (Å²) in [4.78, 5) is 21.5. The Labute approximate surface area is 180 Å². The molecule has 4 heterocycles. The van der Waals surface area contributed by atoms with Crippen LogP contribution in [0.15, 0.2) is 48.9 Å². The summed E-state index contributed by atoms with van der Waals surface area (Å²) in [6.07, 6.45) is -0.258. The number of hydrogen-bond acceptors (Lipinski definition) is 4. The third-order valence-corrected chi connectivity index (χ3v) is 6.16. The zero-order chi connectivity index (χ0) is 22.0. The number of halogens is 4. The van der Waals surface area contributed by atoms with Crippen LogP contribution in [0.25, 0.3) is 0 Å². The average molecular weight is 448 g/mol. The van der Waals surface area contributed by atoms with Crippen molar-refractivity contribution in [3.63, 3.8) is 0 Å². The first kappa shape index (κ1) is 20.0. The zero-order valence-electron chi connectivity index (χ0n) is 16.4. The third-order valence-electron chi connectivity index (χ3n) is 5.91. The lowest BCUT2D eigenvalue weighted by atomic mass is 9.90. The molecule has 0 saturated carbocycles. The van der Waals surface area contributed by atoms with Crippen LogP contribution in [0.4, 0.5) is 13.2 Å². The van der Waals surface area contributed by atoms with E-state index in [9.17, 15) is 18.0 Å². The number of benzene rings is 1. The second-order valence-corrected chi connectivity index (χ2v) is 8.09. The van der Waals surface area contributed by atoms with E-state index in [1.807, 2.05) is 6.07 Å². The van der Waals surface area contributed by atoms with Crippen molar-refractivity contribution in [3.05, 3.63) is 81.9 Å². The molecule has 1 atom stereocenters. The average Bonchev–Trinajstić information content (AvgIpc) is 3.38. The lowest BCUT2D eigenvalue weighted by molar-refractivity contribution is -0.141. The molecule has 2 aliphatic rings. The van der Waals surface area contributed by atoms with Gasteiger partial charge in [0.15, 0.2) is 11.4 Å². The standard InChI is InChI=1S/C21H17ClF3N5O/c1-28-12-16(18(27-28)21(23,24)25)19(31)30-9-8-29-11-13-6-7-26-10-17(13)20(29,30)14-2-4-15(22)5-3-14/h2-7,10,12H,8-9,11H2,1H3. The van der Waals surface area contributed by atoms with E-state index in [1.165, 1.54) is 11.9 Å². The van der Waals surface area contributed by atoms with Gasteiger partial charge in [-0.3, -0.25) is 19.4 Å². The quantitative estimate of drug-likeness (QED) is 0.601. The largest absolute Gasteiger partial charge is 0.435 e. The van der Waals surface area contributed by atoms with Gasteiger partial charge in [0.25, 0.3) is 5.91 Å². The normalized spacial score (nSPS) is 20.7. The Kier molecular flexibility index (Phi) is 4.39. The number of alkyl halides is 3. The Morgan fingerprint density at radius 2 is 1.90 bits per heavy atom. The number of pyridine rings is 1. The number of aromatic nitrogens is 3. The monoisotopic (exact) mass is 447 g/mol. The van der Waals surface area contributed by atoms with Crippen LogP contribution in [0.5, 0.6) is 0 Å². The van der Waals surface area contributed by atoms with Gasteiger partial charge in [0.1, 0.15) is 0 Å². The smallest absolute Gasteiger partial charge is 0.310 e. The molecule has 2 aromatic heterocycles. The van der Waals surface area contributed by atoms with E-state index in [0.717, 1.165) is 27.6 Å². The molecule has 3 aromatic rings. The molecule has 0 spiro atoms. The fourth-order valence-electron chi connectivity index (χ4n) is 4.73. The van der Waals surface area contributed by atoms with Gasteiger partial charge in [-0.25, -0.2) is 0 Å². The van der Waals surface area contributed by atoms with Crippen LogP contribution in [0.2, 0.25) is 5.02 Å². The topological polar surface area (TPSA) is 54.3 Å². The molecule has 0 bridgehead atoms. The fourth-order valence-corrected chi connectivity index (χ4v) is 4.86. The van der Waals surface area contributed by atoms with Crippen molar-refractivity contribution in [2.45, 2.75) is 18.4 Å². The highest BCUT2D eigenvalue weighted by atomic mass is 35.5. The van der Waals surface area contributed by atoms with Crippen LogP contribution >= 0.6 is 11.6 Å². The van der Waals surface area contributed by atoms with Crippen LogP contribution in [0.3, 0.4) is 0 Å². The summed E-state index contributed by atoms with van der Waals surface area (Å²) in [6.45, 7) is 1.33. The Morgan fingerprint density at radius 3 is 2.61 bits per heavy atom. The second kappa shape index (κ2) is 6.80. The van der Waals surface area contributed by atoms with Gasteiger partial charge in [-0.2, -0.15) is 18.3 Å². The SMILES string of the molecule is Cn1cc(C(=O)N2CCN3Cc4ccncc4C32c2ccc(Cl)cc2)c(C(F)(F)F)n1. The summed E-state index contributed by atoms with van der Waals surface area (Å²) in [7, 11) is 1.37. The number of carbonyl (C=O) groups is 1. The molecule has 0 radical (unpaired) electrons. The van der Waals surface area contributed by atoms with Crippen molar-refractivity contribution in [2.24, 2.45) is 7.05 Å². The molecular formula is C21H17ClF3N5O. The highest BCUT2D eigenvalue weighted by Crippen LogP contribution is 2.50. The Hall–Kier alpha value is -2.91. The number of aryl methyl sites for hydroxylation is 1. The number of nitrogens with zero attached hydrogens (tertiary/aromatic N) is 5. The zero-order valence-corrected chi connectivity index (χ0v) is 17.2. The molecule has 0 N–H and O–H groups in total. The highest BCUT2D eigenvalue weighted by molar-refractivity contribution is 6.30. The fraction of sp³-hybridized carbons (Fsp3) is 0.286. The maximum absolute atomic E-state index is 13.6. The van der Waals surface area contributed by atoms with E-state index in [2.05, 4.69) is 15.0 Å². The van der Waals surface area contributed by atoms with Crippen molar-refractivity contribution >= 4 is 17.5 Å². The highest BCUT2D eigenvalue weighted by Gasteiger charge is 2.57. The number of carbonyl (C=O) groups excluding carboxylic acids is 1. The lowest BCUT2D eigenvalue weighted by Crippen LogP contribution is -2.50. The molecule has 1 amide bonds. The summed E-state index contributed by atoms with van der Waals surface area (Å²) < 4.78 is 41.8. The number of amides is 1. The van der Waals surface area contributed by atoms with E-state index in [-0.39, 0.29) is 6.54 Å². The minimum atomic E-state index is -4.74. The van der Waals surface area contributed by atoms with Crippen LogP contribution in [-0.2, 0) is 25.4 Å². The van der Waals surface area contributed by atoms with Gasteiger partial charge in [0.05, 0.1) is 5.56 Å². The molecule has 0 aliphatic carbocycles. The van der Waals surface area contributed by atoms with Crippen LogP contribution in [0.1, 0.15) is 32.7 Å². The predicted octanol–water partition coefficient (Wildman–Crippen LogP) is 3.66. The Balaban J connectivity index is 1.71. The Bertz CT molecular complexity index is 1180. The molecule has 6 nitrogen and oxygen atoms in total. The number of hydrogen-bond donors (Lipinski definition) is 0. The van der Waals surface area contributed by atoms with Crippen molar-refractivity contribution in [3.8, 4) is 0 Å². The molecule has 1 saturated heterocycles. The maximum atomic E-state index is 13.6. The van der Waals surface area contributed by atoms with Gasteiger partial charge >= 0.3 is 6.18 Å². The molecule has 10 heteroatoms. The van der Waals surface area contributed by atoms with Crippen LogP contribution in [-0.4, -0.2) is 43.6 Å². The first-order valence-electron chi connectivity index (χ1n) is 9.60. The molecule has 5 rings (SSSR count). The van der Waals surface area contributed by atoms with E-state index in [0.29, 0.717) is 18.1 Å². The summed E-state index contributed by atoms with van der Waals surface area (Å²) >= 11 is 6.09. The molecule has 1 fully saturated rings. The van der Waals surface area contributed by atoms with Gasteiger partial charge in [0.2, 0.25) is 0 Å². The van der Waals surface area contributed by atoms with E-state index in [1.54, 1.807) is 36.7 Å². The van der Waals surface area contributed by atoms with Crippen molar-refractivity contribution in [2.75, 3.05) is 13.1 Å².